The molecule has 0 aliphatic carbocycles. The molecule has 0 spiro atoms. The first kappa shape index (κ1) is 41.8. The van der Waals surface area contributed by atoms with Crippen molar-refractivity contribution in [1.82, 2.24) is 9.80 Å². The second-order valence-electron chi connectivity index (χ2n) is 13.5. The van der Waals surface area contributed by atoms with E-state index in [-0.39, 0.29) is 25.2 Å². The number of ether oxygens (including phenoxy) is 2. The molecular formula is C37H72N2O6. The lowest BCUT2D eigenvalue weighted by molar-refractivity contribution is -0.147. The van der Waals surface area contributed by atoms with Crippen LogP contribution in [0.3, 0.4) is 0 Å². The predicted octanol–water partition coefficient (Wildman–Crippen LogP) is 7.42. The van der Waals surface area contributed by atoms with Gasteiger partial charge in [0.15, 0.2) is 0 Å². The molecule has 1 aliphatic rings. The number of carbonyl (C=O) groups is 2. The molecule has 2 N–H and O–H groups in total. The fourth-order valence-corrected chi connectivity index (χ4v) is 6.17. The Kier molecular flexibility index (Phi) is 28.0. The summed E-state index contributed by atoms with van der Waals surface area (Å²) >= 11 is 0. The maximum Gasteiger partial charge on any atom is 0.305 e. The maximum absolute atomic E-state index is 12.2. The second-order valence-corrected chi connectivity index (χ2v) is 13.5. The lowest BCUT2D eigenvalue weighted by Crippen LogP contribution is -2.42. The maximum atomic E-state index is 12.2. The lowest BCUT2D eigenvalue weighted by Gasteiger charge is -2.28. The second kappa shape index (κ2) is 30.1. The van der Waals surface area contributed by atoms with Gasteiger partial charge in [0, 0.05) is 25.9 Å². The van der Waals surface area contributed by atoms with E-state index in [0.29, 0.717) is 32.5 Å². The highest BCUT2D eigenvalue weighted by Crippen LogP contribution is 2.13. The number of carbonyl (C=O) groups excluding carboxylic acids is 2. The lowest BCUT2D eigenvalue weighted by atomic mass is 10.1. The molecule has 1 aliphatic heterocycles. The van der Waals surface area contributed by atoms with E-state index in [0.717, 1.165) is 64.6 Å². The zero-order valence-corrected chi connectivity index (χ0v) is 29.5. The molecule has 0 bridgehead atoms. The molecule has 0 aromatic carbocycles. The minimum Gasteiger partial charge on any atom is -0.463 e. The molecular weight excluding hydrogens is 568 g/mol. The predicted molar refractivity (Wildman–Crippen MR) is 184 cm³/mol. The molecule has 8 nitrogen and oxygen atoms in total. The number of aliphatic hydroxyl groups is 2. The first-order valence-corrected chi connectivity index (χ1v) is 19.1. The third-order valence-corrected chi connectivity index (χ3v) is 8.93. The molecule has 0 saturated carbocycles. The van der Waals surface area contributed by atoms with Crippen molar-refractivity contribution in [3.8, 4) is 0 Å². The zero-order valence-electron chi connectivity index (χ0n) is 29.5. The average molecular weight is 641 g/mol. The molecule has 2 unspecified atom stereocenters. The number of unbranched alkanes of at least 4 members (excludes halogenated alkanes) is 16. The van der Waals surface area contributed by atoms with E-state index in [2.05, 4.69) is 18.7 Å². The highest BCUT2D eigenvalue weighted by molar-refractivity contribution is 5.69. The number of esters is 2. The van der Waals surface area contributed by atoms with E-state index < -0.39 is 12.2 Å². The van der Waals surface area contributed by atoms with Crippen LogP contribution in [0.5, 0.6) is 0 Å². The summed E-state index contributed by atoms with van der Waals surface area (Å²) in [5.74, 6) is -0.506. The van der Waals surface area contributed by atoms with E-state index in [1.807, 2.05) is 4.90 Å². The van der Waals surface area contributed by atoms with Crippen LogP contribution in [-0.2, 0) is 19.1 Å². The number of aliphatic hydroxyl groups excluding tert-OH is 2. The van der Waals surface area contributed by atoms with Crippen LogP contribution in [0.4, 0.5) is 0 Å². The molecule has 0 aromatic heterocycles. The summed E-state index contributed by atoms with van der Waals surface area (Å²) in [7, 11) is 0. The van der Waals surface area contributed by atoms with Gasteiger partial charge in [0.2, 0.25) is 0 Å². The van der Waals surface area contributed by atoms with E-state index in [9.17, 15) is 19.8 Å². The SMILES string of the molecule is CCCCCCCCCCCC(=O)OCC(O)CN(CCCN1CCCC1)CC(O)COC(=O)CCCCCCCCCCC. The fourth-order valence-electron chi connectivity index (χ4n) is 6.17. The van der Waals surface area contributed by atoms with Crippen LogP contribution >= 0.6 is 0 Å². The van der Waals surface area contributed by atoms with Crippen molar-refractivity contribution < 1.29 is 29.3 Å². The Morgan fingerprint density at radius 1 is 0.600 bits per heavy atom. The van der Waals surface area contributed by atoms with Crippen LogP contribution in [0.2, 0.25) is 0 Å². The van der Waals surface area contributed by atoms with Crippen LogP contribution < -0.4 is 0 Å². The quantitative estimate of drug-likeness (QED) is 0.0579. The van der Waals surface area contributed by atoms with Crippen molar-refractivity contribution in [2.24, 2.45) is 0 Å². The van der Waals surface area contributed by atoms with Gasteiger partial charge in [0.1, 0.15) is 25.4 Å². The molecule has 1 rings (SSSR count). The molecule has 45 heavy (non-hydrogen) atoms. The molecule has 0 radical (unpaired) electrons. The summed E-state index contributed by atoms with van der Waals surface area (Å²) in [6.45, 7) is 8.96. The van der Waals surface area contributed by atoms with E-state index in [4.69, 9.17) is 9.47 Å². The van der Waals surface area contributed by atoms with E-state index in [1.54, 1.807) is 0 Å². The first-order valence-electron chi connectivity index (χ1n) is 19.1. The zero-order chi connectivity index (χ0) is 32.8. The fraction of sp³-hybridized carbons (Fsp3) is 0.946. The minimum absolute atomic E-state index is 0.0390. The van der Waals surface area contributed by atoms with Crippen molar-refractivity contribution in [3.05, 3.63) is 0 Å². The van der Waals surface area contributed by atoms with Gasteiger partial charge in [0.25, 0.3) is 0 Å². The summed E-state index contributed by atoms with van der Waals surface area (Å²) in [5, 5.41) is 21.3. The van der Waals surface area contributed by atoms with E-state index in [1.165, 1.54) is 89.9 Å². The highest BCUT2D eigenvalue weighted by atomic mass is 16.5. The van der Waals surface area contributed by atoms with Crippen molar-refractivity contribution in [2.45, 2.75) is 174 Å². The van der Waals surface area contributed by atoms with Crippen LogP contribution in [-0.4, -0.2) is 96.6 Å². The molecule has 1 heterocycles. The van der Waals surface area contributed by atoms with Crippen molar-refractivity contribution >= 4 is 11.9 Å². The number of hydrogen-bond acceptors (Lipinski definition) is 8. The summed E-state index contributed by atoms with van der Waals surface area (Å²) in [6.07, 6.45) is 24.1. The van der Waals surface area contributed by atoms with Crippen molar-refractivity contribution in [3.63, 3.8) is 0 Å². The van der Waals surface area contributed by atoms with E-state index >= 15 is 0 Å². The Balaban J connectivity index is 2.27. The summed E-state index contributed by atoms with van der Waals surface area (Å²) in [5.41, 5.74) is 0. The smallest absolute Gasteiger partial charge is 0.305 e. The number of hydrogen-bond donors (Lipinski definition) is 2. The normalized spacial score (nSPS) is 15.0. The molecule has 1 fully saturated rings. The van der Waals surface area contributed by atoms with Crippen LogP contribution in [0.25, 0.3) is 0 Å². The van der Waals surface area contributed by atoms with Crippen LogP contribution in [0, 0.1) is 0 Å². The third-order valence-electron chi connectivity index (χ3n) is 8.93. The number of nitrogens with zero attached hydrogens (tertiary/aromatic N) is 2. The Hall–Kier alpha value is -1.22. The Bertz CT molecular complexity index is 642. The largest absolute Gasteiger partial charge is 0.463 e. The van der Waals surface area contributed by atoms with Crippen LogP contribution in [0.15, 0.2) is 0 Å². The molecule has 266 valence electrons. The first-order chi connectivity index (χ1) is 21.9. The van der Waals surface area contributed by atoms with Gasteiger partial charge in [-0.25, -0.2) is 0 Å². The Labute approximate surface area is 277 Å². The topological polar surface area (TPSA) is 99.5 Å². The van der Waals surface area contributed by atoms with Crippen LogP contribution in [0.1, 0.15) is 162 Å². The van der Waals surface area contributed by atoms with Gasteiger partial charge in [0.05, 0.1) is 0 Å². The standard InChI is InChI=1S/C37H72N2O6/c1-3-5-7-9-11-13-15-17-19-24-36(42)44-32-34(40)30-39(29-23-28-38-26-21-22-27-38)31-35(41)33-45-37(43)25-20-18-16-14-12-10-8-6-4-2/h34-35,40-41H,3-33H2,1-2H3. The Morgan fingerprint density at radius 3 is 1.38 bits per heavy atom. The van der Waals surface area contributed by atoms with Gasteiger partial charge in [-0.3, -0.25) is 14.5 Å². The summed E-state index contributed by atoms with van der Waals surface area (Å²) < 4.78 is 10.7. The molecule has 0 aromatic rings. The summed E-state index contributed by atoms with van der Waals surface area (Å²) in [6, 6.07) is 0. The molecule has 8 heteroatoms. The number of likely N-dealkylation sites (tertiary alicyclic amines) is 1. The van der Waals surface area contributed by atoms with Gasteiger partial charge in [-0.05, 0) is 58.3 Å². The Morgan fingerprint density at radius 2 is 0.978 bits per heavy atom. The van der Waals surface area contributed by atoms with Crippen molar-refractivity contribution in [1.29, 1.82) is 0 Å². The van der Waals surface area contributed by atoms with Gasteiger partial charge in [-0.2, -0.15) is 0 Å². The minimum atomic E-state index is -0.828. The van der Waals surface area contributed by atoms with Gasteiger partial charge < -0.3 is 24.6 Å². The van der Waals surface area contributed by atoms with Crippen molar-refractivity contribution in [2.75, 3.05) is 52.5 Å². The highest BCUT2D eigenvalue weighted by Gasteiger charge is 2.19. The average Bonchev–Trinajstić information content (AvgIpc) is 3.55. The molecule has 0 amide bonds. The third kappa shape index (κ3) is 26.5. The van der Waals surface area contributed by atoms with Gasteiger partial charge in [-0.15, -0.1) is 0 Å². The molecule has 1 saturated heterocycles. The molecule has 2 atom stereocenters. The summed E-state index contributed by atoms with van der Waals surface area (Å²) in [4.78, 5) is 28.9. The van der Waals surface area contributed by atoms with Gasteiger partial charge in [-0.1, -0.05) is 117 Å². The van der Waals surface area contributed by atoms with Gasteiger partial charge >= 0.3 is 11.9 Å². The number of rotatable bonds is 32. The monoisotopic (exact) mass is 641 g/mol.